The third kappa shape index (κ3) is 4.96. The number of hydrogen-bond donors (Lipinski definition) is 2. The largest absolute Gasteiger partial charge is 0.446 e. The fraction of sp³-hybridized carbons (Fsp3) is 0.542. The summed E-state index contributed by atoms with van der Waals surface area (Å²) in [4.78, 5) is 41.5. The van der Waals surface area contributed by atoms with E-state index in [1.54, 1.807) is 15.3 Å². The number of amides is 3. The first-order valence-corrected chi connectivity index (χ1v) is 11.5. The molecule has 3 atom stereocenters. The summed E-state index contributed by atoms with van der Waals surface area (Å²) in [6.45, 7) is 2.48. The van der Waals surface area contributed by atoms with Gasteiger partial charge in [0.15, 0.2) is 0 Å². The van der Waals surface area contributed by atoms with Gasteiger partial charge < -0.3 is 14.5 Å². The molecule has 172 valence electrons. The summed E-state index contributed by atoms with van der Waals surface area (Å²) in [5.74, 6) is -1.93. The highest BCUT2D eigenvalue weighted by Crippen LogP contribution is 2.35. The molecule has 2 heterocycles. The summed E-state index contributed by atoms with van der Waals surface area (Å²) in [6.07, 6.45) is 5.21. The van der Waals surface area contributed by atoms with E-state index in [1.807, 2.05) is 18.2 Å². The Balaban J connectivity index is 1.38. The summed E-state index contributed by atoms with van der Waals surface area (Å²) in [5, 5.41) is 9.25. The molecule has 0 unspecified atom stereocenters. The van der Waals surface area contributed by atoms with Crippen LogP contribution in [0.15, 0.2) is 36.4 Å². The van der Waals surface area contributed by atoms with Gasteiger partial charge in [-0.3, -0.25) is 14.8 Å². The van der Waals surface area contributed by atoms with Crippen molar-refractivity contribution in [3.8, 4) is 0 Å². The van der Waals surface area contributed by atoms with Crippen LogP contribution in [0.2, 0.25) is 0 Å². The van der Waals surface area contributed by atoms with Crippen LogP contribution in [-0.2, 0) is 14.3 Å². The van der Waals surface area contributed by atoms with E-state index < -0.39 is 23.8 Å². The Bertz CT molecular complexity index is 866. The van der Waals surface area contributed by atoms with Crippen molar-refractivity contribution in [1.29, 1.82) is 0 Å². The van der Waals surface area contributed by atoms with E-state index in [1.165, 1.54) is 5.57 Å². The highest BCUT2D eigenvalue weighted by molar-refractivity contribution is 5.88. The van der Waals surface area contributed by atoms with E-state index in [0.29, 0.717) is 39.0 Å². The van der Waals surface area contributed by atoms with Crippen LogP contribution in [0.25, 0.3) is 5.57 Å². The zero-order valence-corrected chi connectivity index (χ0v) is 18.2. The third-order valence-electron chi connectivity index (χ3n) is 6.86. The molecule has 1 saturated heterocycles. The molecule has 8 nitrogen and oxygen atoms in total. The number of likely N-dealkylation sites (tertiary alicyclic amines) is 1. The highest BCUT2D eigenvalue weighted by atomic mass is 16.6. The maximum absolute atomic E-state index is 13.3. The fourth-order valence-electron chi connectivity index (χ4n) is 5.04. The number of carbonyl (C=O) groups excluding carboxylic acids is 3. The Kier molecular flexibility index (Phi) is 7.09. The SMILES string of the molecule is O=C(NO)[C@H]1C[C@@H](OC(=O)N2CCCC2)CC[C@@H]1C(=O)N1CC=C(c2ccccc2)CC1. The van der Waals surface area contributed by atoms with Gasteiger partial charge >= 0.3 is 6.09 Å². The maximum Gasteiger partial charge on any atom is 0.410 e. The Morgan fingerprint density at radius 3 is 2.38 bits per heavy atom. The van der Waals surface area contributed by atoms with Crippen molar-refractivity contribution in [3.05, 3.63) is 42.0 Å². The molecular weight excluding hydrogens is 410 g/mol. The molecule has 0 spiro atoms. The van der Waals surface area contributed by atoms with Gasteiger partial charge in [-0.1, -0.05) is 36.4 Å². The van der Waals surface area contributed by atoms with E-state index in [0.717, 1.165) is 24.8 Å². The van der Waals surface area contributed by atoms with Crippen LogP contribution in [0.3, 0.4) is 0 Å². The minimum absolute atomic E-state index is 0.0775. The number of nitrogens with one attached hydrogen (secondary N) is 1. The number of carbonyl (C=O) groups is 3. The lowest BCUT2D eigenvalue weighted by Gasteiger charge is -2.37. The zero-order chi connectivity index (χ0) is 22.5. The van der Waals surface area contributed by atoms with Gasteiger partial charge in [0.1, 0.15) is 6.10 Å². The van der Waals surface area contributed by atoms with E-state index in [4.69, 9.17) is 4.74 Å². The van der Waals surface area contributed by atoms with Gasteiger partial charge in [-0.25, -0.2) is 10.3 Å². The molecule has 32 heavy (non-hydrogen) atoms. The minimum atomic E-state index is -0.725. The second-order valence-corrected chi connectivity index (χ2v) is 8.83. The fourth-order valence-corrected chi connectivity index (χ4v) is 5.04. The molecule has 0 radical (unpaired) electrons. The second-order valence-electron chi connectivity index (χ2n) is 8.83. The number of nitrogens with zero attached hydrogens (tertiary/aromatic N) is 2. The van der Waals surface area contributed by atoms with Gasteiger partial charge in [0.25, 0.3) is 0 Å². The molecule has 2 N–H and O–H groups in total. The lowest BCUT2D eigenvalue weighted by molar-refractivity contribution is -0.149. The quantitative estimate of drug-likeness (QED) is 0.553. The molecule has 3 aliphatic rings. The van der Waals surface area contributed by atoms with Crippen molar-refractivity contribution in [3.63, 3.8) is 0 Å². The summed E-state index contributed by atoms with van der Waals surface area (Å²) >= 11 is 0. The Morgan fingerprint density at radius 2 is 1.72 bits per heavy atom. The summed E-state index contributed by atoms with van der Waals surface area (Å²) in [7, 11) is 0. The van der Waals surface area contributed by atoms with Crippen molar-refractivity contribution < 1.29 is 24.3 Å². The van der Waals surface area contributed by atoms with E-state index in [9.17, 15) is 19.6 Å². The molecule has 0 bridgehead atoms. The normalized spacial score (nSPS) is 25.8. The molecule has 2 fully saturated rings. The molecule has 1 saturated carbocycles. The highest BCUT2D eigenvalue weighted by Gasteiger charge is 2.42. The molecule has 8 heteroatoms. The molecule has 1 aliphatic carbocycles. The van der Waals surface area contributed by atoms with Gasteiger partial charge in [-0.2, -0.15) is 0 Å². The number of hydroxylamine groups is 1. The van der Waals surface area contributed by atoms with Crippen molar-refractivity contribution in [2.24, 2.45) is 11.8 Å². The predicted molar refractivity (Wildman–Crippen MR) is 117 cm³/mol. The first-order valence-electron chi connectivity index (χ1n) is 11.5. The molecule has 2 aliphatic heterocycles. The van der Waals surface area contributed by atoms with Crippen LogP contribution in [0.4, 0.5) is 4.79 Å². The number of ether oxygens (including phenoxy) is 1. The van der Waals surface area contributed by atoms with Gasteiger partial charge in [0.2, 0.25) is 11.8 Å². The molecule has 0 aromatic heterocycles. The van der Waals surface area contributed by atoms with E-state index in [2.05, 4.69) is 18.2 Å². The second kappa shape index (κ2) is 10.2. The van der Waals surface area contributed by atoms with E-state index in [-0.39, 0.29) is 18.4 Å². The molecule has 1 aromatic carbocycles. The lowest BCUT2D eigenvalue weighted by Crippen LogP contribution is -2.48. The average molecular weight is 442 g/mol. The van der Waals surface area contributed by atoms with Gasteiger partial charge in [-0.05, 0) is 49.7 Å². The van der Waals surface area contributed by atoms with Crippen LogP contribution < -0.4 is 5.48 Å². The van der Waals surface area contributed by atoms with Crippen LogP contribution in [0.1, 0.15) is 44.1 Å². The van der Waals surface area contributed by atoms with Crippen LogP contribution in [0, 0.1) is 11.8 Å². The van der Waals surface area contributed by atoms with E-state index >= 15 is 0 Å². The van der Waals surface area contributed by atoms with Crippen molar-refractivity contribution >= 4 is 23.5 Å². The molecular formula is C24H31N3O5. The third-order valence-corrected chi connectivity index (χ3v) is 6.86. The average Bonchev–Trinajstić information content (AvgIpc) is 3.39. The van der Waals surface area contributed by atoms with Crippen molar-refractivity contribution in [2.75, 3.05) is 26.2 Å². The Labute approximate surface area is 188 Å². The van der Waals surface area contributed by atoms with Gasteiger partial charge in [-0.15, -0.1) is 0 Å². The van der Waals surface area contributed by atoms with Gasteiger partial charge in [0, 0.05) is 26.2 Å². The zero-order valence-electron chi connectivity index (χ0n) is 18.2. The molecule has 4 rings (SSSR count). The van der Waals surface area contributed by atoms with Crippen molar-refractivity contribution in [2.45, 2.75) is 44.6 Å². The Hall–Kier alpha value is -2.87. The molecule has 3 amide bonds. The maximum atomic E-state index is 13.3. The number of hydrogen-bond acceptors (Lipinski definition) is 5. The number of rotatable bonds is 4. The van der Waals surface area contributed by atoms with Gasteiger partial charge in [0.05, 0.1) is 11.8 Å². The van der Waals surface area contributed by atoms with Crippen LogP contribution in [-0.4, -0.2) is 65.2 Å². The van der Waals surface area contributed by atoms with Crippen LogP contribution >= 0.6 is 0 Å². The van der Waals surface area contributed by atoms with Crippen molar-refractivity contribution in [1.82, 2.24) is 15.3 Å². The molecule has 1 aromatic rings. The first-order chi connectivity index (χ1) is 15.6. The Morgan fingerprint density at radius 1 is 0.969 bits per heavy atom. The predicted octanol–water partition coefficient (Wildman–Crippen LogP) is 2.83. The minimum Gasteiger partial charge on any atom is -0.446 e. The summed E-state index contributed by atoms with van der Waals surface area (Å²) < 4.78 is 5.63. The standard InChI is InChI=1S/C24H31N3O5/c28-22(25-31)21-16-19(32-24(30)27-12-4-5-13-27)8-9-20(21)23(29)26-14-10-18(11-15-26)17-6-2-1-3-7-17/h1-3,6-7,10,19-21,31H,4-5,8-9,11-16H2,(H,25,28)/t19-,20-,21-/m0/s1. The smallest absolute Gasteiger partial charge is 0.410 e. The van der Waals surface area contributed by atoms with Crippen LogP contribution in [0.5, 0.6) is 0 Å². The summed E-state index contributed by atoms with van der Waals surface area (Å²) in [5.41, 5.74) is 4.09. The monoisotopic (exact) mass is 441 g/mol. The number of benzene rings is 1. The first kappa shape index (κ1) is 22.3. The lowest BCUT2D eigenvalue weighted by atomic mass is 9.76. The topological polar surface area (TPSA) is 99.2 Å². The summed E-state index contributed by atoms with van der Waals surface area (Å²) in [6, 6.07) is 10.1.